The summed E-state index contributed by atoms with van der Waals surface area (Å²) in [6.07, 6.45) is 3.48. The largest absolute Gasteiger partial charge is 0.373 e. The molecule has 2 unspecified atom stereocenters. The van der Waals surface area contributed by atoms with Gasteiger partial charge in [-0.05, 0) is 54.4 Å². The quantitative estimate of drug-likeness (QED) is 0.817. The molecule has 0 bridgehead atoms. The number of ether oxygens (including phenoxy) is 1. The van der Waals surface area contributed by atoms with Gasteiger partial charge in [0.1, 0.15) is 5.82 Å². The van der Waals surface area contributed by atoms with E-state index in [1.807, 2.05) is 0 Å². The highest BCUT2D eigenvalue weighted by Crippen LogP contribution is 2.39. The molecule has 1 aromatic rings. The first-order chi connectivity index (χ1) is 9.39. The number of nitriles is 1. The molecule has 20 heavy (non-hydrogen) atoms. The summed E-state index contributed by atoms with van der Waals surface area (Å²) in [7, 11) is 0. The molecule has 1 fully saturated rings. The third kappa shape index (κ3) is 3.80. The number of benzene rings is 1. The zero-order chi connectivity index (χ0) is 14.8. The minimum absolute atomic E-state index is 0.198. The summed E-state index contributed by atoms with van der Waals surface area (Å²) in [4.78, 5) is 0. The van der Waals surface area contributed by atoms with E-state index in [-0.39, 0.29) is 11.9 Å². The lowest BCUT2D eigenvalue weighted by molar-refractivity contribution is -0.0317. The number of hydrogen-bond acceptors (Lipinski definition) is 2. The standard InChI is InChI=1S/C17H22FNO/c1-12-6-16(9-17(2,3)8-12)20-11-14-7-15(18)5-4-13(14)10-19/h4-5,7,12,16H,6,8-9,11H2,1-3H3. The van der Waals surface area contributed by atoms with Gasteiger partial charge in [0.25, 0.3) is 0 Å². The van der Waals surface area contributed by atoms with Crippen molar-refractivity contribution in [3.63, 3.8) is 0 Å². The smallest absolute Gasteiger partial charge is 0.123 e. The minimum atomic E-state index is -0.319. The second kappa shape index (κ2) is 5.93. The van der Waals surface area contributed by atoms with Crippen molar-refractivity contribution in [1.29, 1.82) is 5.26 Å². The molecule has 1 aromatic carbocycles. The highest BCUT2D eigenvalue weighted by atomic mass is 19.1. The Morgan fingerprint density at radius 3 is 2.80 bits per heavy atom. The lowest BCUT2D eigenvalue weighted by Crippen LogP contribution is -2.32. The topological polar surface area (TPSA) is 33.0 Å². The first kappa shape index (κ1) is 15.0. The van der Waals surface area contributed by atoms with E-state index in [9.17, 15) is 4.39 Å². The van der Waals surface area contributed by atoms with Crippen molar-refractivity contribution in [3.05, 3.63) is 35.1 Å². The third-order valence-corrected chi connectivity index (χ3v) is 4.01. The lowest BCUT2D eigenvalue weighted by atomic mass is 9.71. The molecule has 0 radical (unpaired) electrons. The molecule has 2 rings (SSSR count). The fourth-order valence-electron chi connectivity index (χ4n) is 3.38. The van der Waals surface area contributed by atoms with Crippen molar-refractivity contribution >= 4 is 0 Å². The molecule has 0 aromatic heterocycles. The van der Waals surface area contributed by atoms with Gasteiger partial charge in [-0.3, -0.25) is 0 Å². The predicted octanol–water partition coefficient (Wildman–Crippen LogP) is 4.43. The Balaban J connectivity index is 2.02. The second-order valence-corrected chi connectivity index (χ2v) is 6.76. The van der Waals surface area contributed by atoms with E-state index < -0.39 is 0 Å². The summed E-state index contributed by atoms with van der Waals surface area (Å²) < 4.78 is 19.2. The summed E-state index contributed by atoms with van der Waals surface area (Å²) >= 11 is 0. The van der Waals surface area contributed by atoms with E-state index in [0.717, 1.165) is 12.8 Å². The Kier molecular flexibility index (Phi) is 4.45. The summed E-state index contributed by atoms with van der Waals surface area (Å²) in [5.41, 5.74) is 1.43. The Hall–Kier alpha value is -1.40. The molecule has 1 saturated carbocycles. The lowest BCUT2D eigenvalue weighted by Gasteiger charge is -2.38. The highest BCUT2D eigenvalue weighted by Gasteiger charge is 2.32. The molecule has 108 valence electrons. The molecule has 3 heteroatoms. The fraction of sp³-hybridized carbons (Fsp3) is 0.588. The van der Waals surface area contributed by atoms with E-state index in [2.05, 4.69) is 26.8 Å². The van der Waals surface area contributed by atoms with E-state index in [4.69, 9.17) is 10.00 Å². The number of nitrogens with zero attached hydrogens (tertiary/aromatic N) is 1. The number of hydrogen-bond donors (Lipinski definition) is 0. The number of rotatable bonds is 3. The normalized spacial score (nSPS) is 25.1. The molecular weight excluding hydrogens is 253 g/mol. The maximum absolute atomic E-state index is 13.3. The zero-order valence-electron chi connectivity index (χ0n) is 12.4. The van der Waals surface area contributed by atoms with E-state index in [1.54, 1.807) is 0 Å². The molecule has 2 atom stereocenters. The van der Waals surface area contributed by atoms with Gasteiger partial charge in [-0.25, -0.2) is 4.39 Å². The van der Waals surface area contributed by atoms with Crippen LogP contribution in [0.2, 0.25) is 0 Å². The maximum Gasteiger partial charge on any atom is 0.123 e. The van der Waals surface area contributed by atoms with Crippen LogP contribution in [-0.4, -0.2) is 6.10 Å². The van der Waals surface area contributed by atoms with Gasteiger partial charge in [0.15, 0.2) is 0 Å². The first-order valence-corrected chi connectivity index (χ1v) is 7.20. The number of halogens is 1. The summed E-state index contributed by atoms with van der Waals surface area (Å²) in [5, 5.41) is 9.04. The summed E-state index contributed by atoms with van der Waals surface area (Å²) in [5.74, 6) is 0.326. The van der Waals surface area contributed by atoms with Crippen molar-refractivity contribution in [3.8, 4) is 6.07 Å². The molecule has 0 N–H and O–H groups in total. The van der Waals surface area contributed by atoms with Crippen molar-refractivity contribution < 1.29 is 9.13 Å². The average molecular weight is 275 g/mol. The SMILES string of the molecule is CC1CC(OCc2cc(F)ccc2C#N)CC(C)(C)C1. The molecular formula is C17H22FNO. The van der Waals surface area contributed by atoms with Gasteiger partial charge in [-0.1, -0.05) is 20.8 Å². The van der Waals surface area contributed by atoms with Gasteiger partial charge in [0, 0.05) is 0 Å². The van der Waals surface area contributed by atoms with Crippen LogP contribution in [0.15, 0.2) is 18.2 Å². The van der Waals surface area contributed by atoms with Crippen LogP contribution in [0.5, 0.6) is 0 Å². The Morgan fingerprint density at radius 2 is 2.15 bits per heavy atom. The Labute approximate surface area is 120 Å². The maximum atomic E-state index is 13.3. The molecule has 0 aliphatic heterocycles. The van der Waals surface area contributed by atoms with E-state index >= 15 is 0 Å². The first-order valence-electron chi connectivity index (χ1n) is 7.20. The average Bonchev–Trinajstić information content (AvgIpc) is 2.34. The molecule has 0 saturated heterocycles. The minimum Gasteiger partial charge on any atom is -0.373 e. The van der Waals surface area contributed by atoms with Gasteiger partial charge in [-0.2, -0.15) is 5.26 Å². The fourth-order valence-corrected chi connectivity index (χ4v) is 3.38. The van der Waals surface area contributed by atoms with Gasteiger partial charge in [0.05, 0.1) is 24.3 Å². The van der Waals surface area contributed by atoms with Crippen molar-refractivity contribution in [2.45, 2.75) is 52.7 Å². The van der Waals surface area contributed by atoms with Crippen LogP contribution in [-0.2, 0) is 11.3 Å². The van der Waals surface area contributed by atoms with Crippen LogP contribution in [0, 0.1) is 28.5 Å². The predicted molar refractivity (Wildman–Crippen MR) is 76.5 cm³/mol. The van der Waals surface area contributed by atoms with Gasteiger partial charge >= 0.3 is 0 Å². The molecule has 2 nitrogen and oxygen atoms in total. The summed E-state index contributed by atoms with van der Waals surface area (Å²) in [6.45, 7) is 7.10. The van der Waals surface area contributed by atoms with Crippen LogP contribution in [0.25, 0.3) is 0 Å². The van der Waals surface area contributed by atoms with Gasteiger partial charge in [0.2, 0.25) is 0 Å². The molecule has 1 aliphatic rings. The third-order valence-electron chi connectivity index (χ3n) is 4.01. The molecule has 0 heterocycles. The second-order valence-electron chi connectivity index (χ2n) is 6.76. The van der Waals surface area contributed by atoms with E-state index in [1.165, 1.54) is 24.6 Å². The molecule has 0 spiro atoms. The van der Waals surface area contributed by atoms with E-state index in [0.29, 0.717) is 29.1 Å². The van der Waals surface area contributed by atoms with Crippen molar-refractivity contribution in [1.82, 2.24) is 0 Å². The zero-order valence-corrected chi connectivity index (χ0v) is 12.4. The van der Waals surface area contributed by atoms with Crippen LogP contribution in [0.4, 0.5) is 4.39 Å². The highest BCUT2D eigenvalue weighted by molar-refractivity contribution is 5.37. The Morgan fingerprint density at radius 1 is 1.40 bits per heavy atom. The van der Waals surface area contributed by atoms with Crippen molar-refractivity contribution in [2.24, 2.45) is 11.3 Å². The van der Waals surface area contributed by atoms with Crippen LogP contribution in [0.1, 0.15) is 51.2 Å². The molecule has 1 aliphatic carbocycles. The molecule has 0 amide bonds. The van der Waals surface area contributed by atoms with Gasteiger partial charge < -0.3 is 4.74 Å². The van der Waals surface area contributed by atoms with Crippen LogP contribution < -0.4 is 0 Å². The van der Waals surface area contributed by atoms with Crippen molar-refractivity contribution in [2.75, 3.05) is 0 Å². The monoisotopic (exact) mass is 275 g/mol. The van der Waals surface area contributed by atoms with Crippen LogP contribution in [0.3, 0.4) is 0 Å². The van der Waals surface area contributed by atoms with Crippen LogP contribution >= 0.6 is 0 Å². The van der Waals surface area contributed by atoms with Gasteiger partial charge in [-0.15, -0.1) is 0 Å². The Bertz CT molecular complexity index is 518. The summed E-state index contributed by atoms with van der Waals surface area (Å²) in [6, 6.07) is 6.32.